The maximum absolute atomic E-state index is 14.2. The molecule has 5 nitrogen and oxygen atoms in total. The Kier molecular flexibility index (Phi) is 5.16. The van der Waals surface area contributed by atoms with Crippen molar-refractivity contribution in [2.24, 2.45) is 0 Å². The van der Waals surface area contributed by atoms with Crippen molar-refractivity contribution in [3.8, 4) is 5.75 Å². The molecule has 25 heavy (non-hydrogen) atoms. The lowest BCUT2D eigenvalue weighted by molar-refractivity contribution is 0.206. The van der Waals surface area contributed by atoms with Crippen LogP contribution in [0.1, 0.15) is 32.3 Å². The van der Waals surface area contributed by atoms with Crippen molar-refractivity contribution in [2.75, 3.05) is 5.32 Å². The first kappa shape index (κ1) is 17.2. The van der Waals surface area contributed by atoms with E-state index in [2.05, 4.69) is 10.3 Å². The summed E-state index contributed by atoms with van der Waals surface area (Å²) in [6.45, 7) is 4.21. The molecule has 1 aromatic carbocycles. The van der Waals surface area contributed by atoms with Crippen LogP contribution in [0.25, 0.3) is 0 Å². The van der Waals surface area contributed by atoms with Gasteiger partial charge in [0.05, 0.1) is 11.8 Å². The van der Waals surface area contributed by atoms with Gasteiger partial charge in [0, 0.05) is 31.0 Å². The van der Waals surface area contributed by atoms with E-state index in [0.29, 0.717) is 12.3 Å². The van der Waals surface area contributed by atoms with Crippen molar-refractivity contribution in [3.63, 3.8) is 0 Å². The normalized spacial score (nSPS) is 13.6. The molecule has 1 heterocycles. The van der Waals surface area contributed by atoms with E-state index in [1.165, 1.54) is 12.1 Å². The Morgan fingerprint density at radius 3 is 2.80 bits per heavy atom. The summed E-state index contributed by atoms with van der Waals surface area (Å²) in [5, 5.41) is 2.67. The highest BCUT2D eigenvalue weighted by Gasteiger charge is 2.33. The van der Waals surface area contributed by atoms with Crippen LogP contribution in [0.5, 0.6) is 5.75 Å². The minimum absolute atomic E-state index is 0.0373. The highest BCUT2D eigenvalue weighted by Crippen LogP contribution is 2.29. The van der Waals surface area contributed by atoms with Crippen LogP contribution in [0, 0.1) is 5.82 Å². The monoisotopic (exact) mass is 343 g/mol. The summed E-state index contributed by atoms with van der Waals surface area (Å²) in [4.78, 5) is 18.4. The van der Waals surface area contributed by atoms with Crippen LogP contribution < -0.4 is 10.1 Å². The minimum atomic E-state index is -0.511. The van der Waals surface area contributed by atoms with Crippen molar-refractivity contribution in [1.82, 2.24) is 9.88 Å². The van der Waals surface area contributed by atoms with Crippen LogP contribution in [0.3, 0.4) is 0 Å². The molecule has 0 spiro atoms. The van der Waals surface area contributed by atoms with Crippen molar-refractivity contribution in [2.45, 2.75) is 45.4 Å². The number of amides is 2. The van der Waals surface area contributed by atoms with Gasteiger partial charge in [0.1, 0.15) is 11.6 Å². The number of hydrogen-bond donors (Lipinski definition) is 1. The average molecular weight is 343 g/mol. The van der Waals surface area contributed by atoms with E-state index in [0.717, 1.165) is 18.4 Å². The Hall–Kier alpha value is -2.63. The van der Waals surface area contributed by atoms with E-state index in [4.69, 9.17) is 4.74 Å². The van der Waals surface area contributed by atoms with E-state index in [1.807, 2.05) is 26.0 Å². The Morgan fingerprint density at radius 1 is 1.40 bits per heavy atom. The maximum Gasteiger partial charge on any atom is 0.322 e. The average Bonchev–Trinajstić information content (AvgIpc) is 3.40. The van der Waals surface area contributed by atoms with Crippen LogP contribution in [0.2, 0.25) is 0 Å². The molecular formula is C19H22FN3O2. The van der Waals surface area contributed by atoms with Gasteiger partial charge in [-0.2, -0.15) is 0 Å². The summed E-state index contributed by atoms with van der Waals surface area (Å²) in [6, 6.07) is 8.13. The summed E-state index contributed by atoms with van der Waals surface area (Å²) in [6.07, 6.45) is 5.33. The van der Waals surface area contributed by atoms with Crippen LogP contribution in [-0.2, 0) is 6.54 Å². The smallest absolute Gasteiger partial charge is 0.322 e. The van der Waals surface area contributed by atoms with Crippen LogP contribution in [0.15, 0.2) is 42.7 Å². The number of pyridine rings is 1. The number of carbonyl (C=O) groups excluding carboxylic acids is 1. The Bertz CT molecular complexity index is 733. The lowest BCUT2D eigenvalue weighted by Crippen LogP contribution is -2.36. The molecule has 0 aliphatic heterocycles. The lowest BCUT2D eigenvalue weighted by Gasteiger charge is -2.23. The molecule has 1 saturated carbocycles. The van der Waals surface area contributed by atoms with E-state index in [1.54, 1.807) is 23.4 Å². The number of nitrogens with one attached hydrogen (secondary N) is 1. The number of rotatable bonds is 6. The summed E-state index contributed by atoms with van der Waals surface area (Å²) in [5.74, 6) is -0.0662. The quantitative estimate of drug-likeness (QED) is 0.855. The number of nitrogens with zero attached hydrogens (tertiary/aromatic N) is 2. The van der Waals surface area contributed by atoms with Crippen LogP contribution in [0.4, 0.5) is 14.9 Å². The lowest BCUT2D eigenvalue weighted by atomic mass is 10.2. The summed E-state index contributed by atoms with van der Waals surface area (Å²) in [5.41, 5.74) is 1.10. The minimum Gasteiger partial charge on any atom is -0.491 e. The third-order valence-corrected chi connectivity index (χ3v) is 3.88. The molecule has 6 heteroatoms. The van der Waals surface area contributed by atoms with Gasteiger partial charge in [0.15, 0.2) is 0 Å². The largest absolute Gasteiger partial charge is 0.491 e. The molecule has 2 amide bonds. The van der Waals surface area contributed by atoms with Gasteiger partial charge >= 0.3 is 6.03 Å². The topological polar surface area (TPSA) is 54.5 Å². The summed E-state index contributed by atoms with van der Waals surface area (Å²) in [7, 11) is 0. The third-order valence-electron chi connectivity index (χ3n) is 3.88. The second-order valence-electron chi connectivity index (χ2n) is 6.46. The van der Waals surface area contributed by atoms with E-state index in [-0.39, 0.29) is 23.9 Å². The number of halogens is 1. The molecule has 1 aliphatic rings. The van der Waals surface area contributed by atoms with Gasteiger partial charge in [-0.05, 0) is 50.5 Å². The first-order chi connectivity index (χ1) is 12.0. The number of anilines is 1. The molecule has 2 aromatic rings. The van der Waals surface area contributed by atoms with Crippen molar-refractivity contribution in [1.29, 1.82) is 0 Å². The van der Waals surface area contributed by atoms with E-state index < -0.39 is 5.82 Å². The standard InChI is InChI=1S/C19H22FN3O2/c1-13(2)25-16-7-8-18(17(20)10-16)22-19(24)23(15-5-6-15)12-14-4-3-9-21-11-14/h3-4,7-11,13,15H,5-6,12H2,1-2H3,(H,22,24). The maximum atomic E-state index is 14.2. The fraction of sp³-hybridized carbons (Fsp3) is 0.368. The SMILES string of the molecule is CC(C)Oc1ccc(NC(=O)N(Cc2cccnc2)C2CC2)c(F)c1. The molecule has 1 fully saturated rings. The summed E-state index contributed by atoms with van der Waals surface area (Å²) < 4.78 is 19.7. The Balaban J connectivity index is 1.69. The number of aromatic nitrogens is 1. The Morgan fingerprint density at radius 2 is 2.20 bits per heavy atom. The number of carbonyl (C=O) groups is 1. The van der Waals surface area contributed by atoms with Gasteiger partial charge in [-0.25, -0.2) is 9.18 Å². The molecule has 0 unspecified atom stereocenters. The zero-order chi connectivity index (χ0) is 17.8. The zero-order valence-corrected chi connectivity index (χ0v) is 14.4. The van der Waals surface area contributed by atoms with Crippen molar-refractivity contribution < 1.29 is 13.9 Å². The first-order valence-corrected chi connectivity index (χ1v) is 8.45. The Labute approximate surface area is 146 Å². The second kappa shape index (κ2) is 7.51. The van der Waals surface area contributed by atoms with Gasteiger partial charge in [0.25, 0.3) is 0 Å². The molecule has 3 rings (SSSR count). The molecule has 0 radical (unpaired) electrons. The molecule has 0 atom stereocenters. The van der Waals surface area contributed by atoms with Gasteiger partial charge in [-0.1, -0.05) is 6.07 Å². The second-order valence-corrected chi connectivity index (χ2v) is 6.46. The molecule has 132 valence electrons. The molecule has 1 aromatic heterocycles. The number of hydrogen-bond acceptors (Lipinski definition) is 3. The van der Waals surface area contributed by atoms with Crippen LogP contribution >= 0.6 is 0 Å². The van der Waals surface area contributed by atoms with Gasteiger partial charge in [-0.3, -0.25) is 4.98 Å². The fourth-order valence-electron chi connectivity index (χ4n) is 2.57. The van der Waals surface area contributed by atoms with Crippen LogP contribution in [-0.4, -0.2) is 28.1 Å². The number of benzene rings is 1. The predicted molar refractivity (Wildman–Crippen MR) is 94.0 cm³/mol. The van der Waals surface area contributed by atoms with E-state index >= 15 is 0 Å². The third kappa shape index (κ3) is 4.68. The van der Waals surface area contributed by atoms with Crippen molar-refractivity contribution in [3.05, 3.63) is 54.1 Å². The summed E-state index contributed by atoms with van der Waals surface area (Å²) >= 11 is 0. The molecule has 1 aliphatic carbocycles. The highest BCUT2D eigenvalue weighted by molar-refractivity contribution is 5.90. The fourth-order valence-corrected chi connectivity index (χ4v) is 2.57. The van der Waals surface area contributed by atoms with Crippen molar-refractivity contribution >= 4 is 11.7 Å². The van der Waals surface area contributed by atoms with Gasteiger partial charge < -0.3 is 15.0 Å². The predicted octanol–water partition coefficient (Wildman–Crippen LogP) is 4.20. The van der Waals surface area contributed by atoms with E-state index in [9.17, 15) is 9.18 Å². The number of urea groups is 1. The first-order valence-electron chi connectivity index (χ1n) is 8.45. The zero-order valence-electron chi connectivity index (χ0n) is 14.4. The molecule has 0 saturated heterocycles. The molecule has 0 bridgehead atoms. The highest BCUT2D eigenvalue weighted by atomic mass is 19.1. The molecule has 1 N–H and O–H groups in total. The van der Waals surface area contributed by atoms with Gasteiger partial charge in [-0.15, -0.1) is 0 Å². The van der Waals surface area contributed by atoms with Gasteiger partial charge in [0.2, 0.25) is 0 Å². The number of ether oxygens (including phenoxy) is 1. The molecular weight excluding hydrogens is 321 g/mol.